The highest BCUT2D eigenvalue weighted by atomic mass is 32.2. The van der Waals surface area contributed by atoms with Gasteiger partial charge in [-0.1, -0.05) is 36.8 Å². The third-order valence-corrected chi connectivity index (χ3v) is 5.91. The molecule has 5 heteroatoms. The SMILES string of the molecule is CSC1(CN2CC(=O)NC(c3ccccc3)C2=O)CCC1. The summed E-state index contributed by atoms with van der Waals surface area (Å²) in [5, 5.41) is 2.82. The molecule has 2 aliphatic rings. The third-order valence-electron chi connectivity index (χ3n) is 4.51. The van der Waals surface area contributed by atoms with Crippen LogP contribution in [0, 0.1) is 0 Å². The number of rotatable bonds is 4. The second-order valence-corrected chi connectivity index (χ2v) is 7.12. The van der Waals surface area contributed by atoms with Crippen molar-refractivity contribution in [3.63, 3.8) is 0 Å². The molecule has 2 amide bonds. The Hall–Kier alpha value is -1.49. The van der Waals surface area contributed by atoms with E-state index in [0.29, 0.717) is 6.54 Å². The van der Waals surface area contributed by atoms with Gasteiger partial charge in [-0.15, -0.1) is 0 Å². The van der Waals surface area contributed by atoms with Crippen LogP contribution in [0.25, 0.3) is 0 Å². The molecular formula is C16H20N2O2S. The highest BCUT2D eigenvalue weighted by Crippen LogP contribution is 2.43. The minimum Gasteiger partial charge on any atom is -0.339 e. The Morgan fingerprint density at radius 1 is 1.29 bits per heavy atom. The van der Waals surface area contributed by atoms with Crippen LogP contribution in [-0.2, 0) is 9.59 Å². The Bertz CT molecular complexity index is 537. The summed E-state index contributed by atoms with van der Waals surface area (Å²) < 4.78 is 0.161. The van der Waals surface area contributed by atoms with E-state index < -0.39 is 6.04 Å². The average Bonchev–Trinajstić information content (AvgIpc) is 2.47. The summed E-state index contributed by atoms with van der Waals surface area (Å²) in [5.74, 6) is -0.0554. The smallest absolute Gasteiger partial charge is 0.250 e. The molecule has 1 aromatic carbocycles. The Kier molecular flexibility index (Phi) is 3.93. The first-order valence-corrected chi connectivity index (χ1v) is 8.54. The molecule has 0 aromatic heterocycles. The van der Waals surface area contributed by atoms with Crippen LogP contribution in [0.5, 0.6) is 0 Å². The largest absolute Gasteiger partial charge is 0.339 e. The lowest BCUT2D eigenvalue weighted by molar-refractivity contribution is -0.145. The molecule has 1 N–H and O–H groups in total. The summed E-state index contributed by atoms with van der Waals surface area (Å²) in [5.41, 5.74) is 0.854. The van der Waals surface area contributed by atoms with Gasteiger partial charge in [-0.3, -0.25) is 9.59 Å². The van der Waals surface area contributed by atoms with Gasteiger partial charge in [0.05, 0.1) is 6.54 Å². The highest BCUT2D eigenvalue weighted by molar-refractivity contribution is 8.00. The van der Waals surface area contributed by atoms with E-state index in [9.17, 15) is 9.59 Å². The predicted molar refractivity (Wildman–Crippen MR) is 84.0 cm³/mol. The molecule has 4 nitrogen and oxygen atoms in total. The molecule has 1 aromatic rings. The molecule has 3 rings (SSSR count). The summed E-state index contributed by atoms with van der Waals surface area (Å²) in [4.78, 5) is 26.4. The van der Waals surface area contributed by atoms with E-state index in [-0.39, 0.29) is 23.1 Å². The molecule has 112 valence electrons. The molecule has 1 atom stereocenters. The van der Waals surface area contributed by atoms with Gasteiger partial charge in [0.2, 0.25) is 11.8 Å². The number of carbonyl (C=O) groups is 2. The van der Waals surface area contributed by atoms with E-state index in [1.54, 1.807) is 4.90 Å². The number of hydrogen-bond donors (Lipinski definition) is 1. The maximum Gasteiger partial charge on any atom is 0.250 e. The summed E-state index contributed by atoms with van der Waals surface area (Å²) in [6.07, 6.45) is 5.59. The maximum absolute atomic E-state index is 12.7. The van der Waals surface area contributed by atoms with Gasteiger partial charge in [0.15, 0.2) is 0 Å². The second kappa shape index (κ2) is 5.72. The number of carbonyl (C=O) groups excluding carboxylic acids is 2. The van der Waals surface area contributed by atoms with Crippen LogP contribution >= 0.6 is 11.8 Å². The predicted octanol–water partition coefficient (Wildman–Crippen LogP) is 1.97. The number of thioether (sulfide) groups is 1. The van der Waals surface area contributed by atoms with Crippen molar-refractivity contribution >= 4 is 23.6 Å². The lowest BCUT2D eigenvalue weighted by atomic mass is 9.83. The van der Waals surface area contributed by atoms with Crippen molar-refractivity contribution in [1.29, 1.82) is 0 Å². The number of piperazine rings is 1. The van der Waals surface area contributed by atoms with Crippen LogP contribution < -0.4 is 5.32 Å². The van der Waals surface area contributed by atoms with E-state index >= 15 is 0 Å². The van der Waals surface area contributed by atoms with Crippen LogP contribution in [0.2, 0.25) is 0 Å². The van der Waals surface area contributed by atoms with Gasteiger partial charge < -0.3 is 10.2 Å². The number of nitrogens with one attached hydrogen (secondary N) is 1. The molecular weight excluding hydrogens is 284 g/mol. The molecule has 1 saturated carbocycles. The van der Waals surface area contributed by atoms with Crippen molar-refractivity contribution in [2.45, 2.75) is 30.1 Å². The number of amides is 2. The average molecular weight is 304 g/mol. The molecule has 1 saturated heterocycles. The number of hydrogen-bond acceptors (Lipinski definition) is 3. The van der Waals surface area contributed by atoms with Gasteiger partial charge >= 0.3 is 0 Å². The fraction of sp³-hybridized carbons (Fsp3) is 0.500. The van der Waals surface area contributed by atoms with Crippen molar-refractivity contribution in [2.24, 2.45) is 0 Å². The Morgan fingerprint density at radius 3 is 2.57 bits per heavy atom. The molecule has 1 unspecified atom stereocenters. The monoisotopic (exact) mass is 304 g/mol. The summed E-state index contributed by atoms with van der Waals surface area (Å²) in [6, 6.07) is 8.94. The zero-order valence-corrected chi connectivity index (χ0v) is 13.0. The van der Waals surface area contributed by atoms with Gasteiger partial charge in [0.1, 0.15) is 6.04 Å². The first-order valence-electron chi connectivity index (χ1n) is 7.32. The molecule has 2 fully saturated rings. The van der Waals surface area contributed by atoms with Crippen LogP contribution in [0.15, 0.2) is 30.3 Å². The number of nitrogens with zero attached hydrogens (tertiary/aromatic N) is 1. The summed E-state index contributed by atoms with van der Waals surface area (Å²) >= 11 is 1.83. The quantitative estimate of drug-likeness (QED) is 0.925. The second-order valence-electron chi connectivity index (χ2n) is 5.85. The van der Waals surface area contributed by atoms with Gasteiger partial charge in [0.25, 0.3) is 0 Å². The number of benzene rings is 1. The Balaban J connectivity index is 1.79. The van der Waals surface area contributed by atoms with Crippen molar-refractivity contribution in [2.75, 3.05) is 19.3 Å². The van der Waals surface area contributed by atoms with E-state index in [1.807, 2.05) is 42.1 Å². The first-order chi connectivity index (χ1) is 10.1. The minimum atomic E-state index is -0.536. The fourth-order valence-electron chi connectivity index (χ4n) is 3.05. The molecule has 1 aliphatic carbocycles. The molecule has 1 aliphatic heterocycles. The first kappa shape index (κ1) is 14.4. The van der Waals surface area contributed by atoms with E-state index in [1.165, 1.54) is 6.42 Å². The van der Waals surface area contributed by atoms with Gasteiger partial charge in [-0.2, -0.15) is 11.8 Å². The van der Waals surface area contributed by atoms with Crippen molar-refractivity contribution in [3.8, 4) is 0 Å². The van der Waals surface area contributed by atoms with Crippen LogP contribution in [-0.4, -0.2) is 40.8 Å². The lowest BCUT2D eigenvalue weighted by Gasteiger charge is -2.45. The van der Waals surface area contributed by atoms with Gasteiger partial charge in [-0.05, 0) is 24.7 Å². The van der Waals surface area contributed by atoms with Crippen molar-refractivity contribution < 1.29 is 9.59 Å². The van der Waals surface area contributed by atoms with E-state index in [4.69, 9.17) is 0 Å². The van der Waals surface area contributed by atoms with Crippen LogP contribution in [0.1, 0.15) is 30.9 Å². The van der Waals surface area contributed by atoms with E-state index in [0.717, 1.165) is 18.4 Å². The molecule has 1 heterocycles. The fourth-order valence-corrected chi connectivity index (χ4v) is 4.04. The maximum atomic E-state index is 12.7. The third kappa shape index (κ3) is 2.79. The summed E-state index contributed by atoms with van der Waals surface area (Å²) in [6.45, 7) is 0.869. The molecule has 21 heavy (non-hydrogen) atoms. The molecule has 0 radical (unpaired) electrons. The van der Waals surface area contributed by atoms with Crippen LogP contribution in [0.3, 0.4) is 0 Å². The lowest BCUT2D eigenvalue weighted by Crippen LogP contribution is -2.57. The van der Waals surface area contributed by atoms with Gasteiger partial charge in [0, 0.05) is 11.3 Å². The van der Waals surface area contributed by atoms with Gasteiger partial charge in [-0.25, -0.2) is 0 Å². The normalized spacial score (nSPS) is 24.4. The minimum absolute atomic E-state index is 0.0149. The van der Waals surface area contributed by atoms with Crippen molar-refractivity contribution in [1.82, 2.24) is 10.2 Å². The topological polar surface area (TPSA) is 49.4 Å². The summed E-state index contributed by atoms with van der Waals surface area (Å²) in [7, 11) is 0. The Labute approximate surface area is 129 Å². The zero-order chi connectivity index (χ0) is 14.9. The zero-order valence-electron chi connectivity index (χ0n) is 12.2. The standard InChI is InChI=1S/C16H20N2O2S/c1-21-16(8-5-9-16)11-18-10-13(19)17-14(15(18)20)12-6-3-2-4-7-12/h2-4,6-7,14H,5,8-11H2,1H3,(H,17,19). The molecule has 0 bridgehead atoms. The highest BCUT2D eigenvalue weighted by Gasteiger charge is 2.42. The van der Waals surface area contributed by atoms with E-state index in [2.05, 4.69) is 11.6 Å². The molecule has 0 spiro atoms. The van der Waals surface area contributed by atoms with Crippen LogP contribution in [0.4, 0.5) is 0 Å². The van der Waals surface area contributed by atoms with Crippen molar-refractivity contribution in [3.05, 3.63) is 35.9 Å². The Morgan fingerprint density at radius 2 is 2.00 bits per heavy atom.